The maximum absolute atomic E-state index is 11.8. The second-order valence-corrected chi connectivity index (χ2v) is 3.30. The summed E-state index contributed by atoms with van der Waals surface area (Å²) in [4.78, 5) is 0. The van der Waals surface area contributed by atoms with E-state index in [1.165, 1.54) is 7.11 Å². The summed E-state index contributed by atoms with van der Waals surface area (Å²) in [5, 5.41) is 2.41. The van der Waals surface area contributed by atoms with Gasteiger partial charge in [-0.05, 0) is 5.92 Å². The summed E-state index contributed by atoms with van der Waals surface area (Å²) in [5.74, 6) is 0.127. The Morgan fingerprint density at radius 1 is 1.31 bits per heavy atom. The highest BCUT2D eigenvalue weighted by atomic mass is 19.4. The highest BCUT2D eigenvalue weighted by molar-refractivity contribution is 4.71. The van der Waals surface area contributed by atoms with Crippen molar-refractivity contribution in [3.8, 4) is 0 Å². The first-order valence-electron chi connectivity index (χ1n) is 4.16. The average molecular weight is 199 g/mol. The highest BCUT2D eigenvalue weighted by Gasteiger charge is 2.28. The lowest BCUT2D eigenvalue weighted by Crippen LogP contribution is -2.42. The molecule has 0 bridgehead atoms. The van der Waals surface area contributed by atoms with Crippen molar-refractivity contribution in [1.82, 2.24) is 5.32 Å². The lowest BCUT2D eigenvalue weighted by atomic mass is 10.1. The van der Waals surface area contributed by atoms with Gasteiger partial charge in [0.15, 0.2) is 0 Å². The molecule has 0 saturated carbocycles. The maximum Gasteiger partial charge on any atom is 0.401 e. The van der Waals surface area contributed by atoms with Crippen molar-refractivity contribution in [3.63, 3.8) is 0 Å². The van der Waals surface area contributed by atoms with Crippen LogP contribution in [0, 0.1) is 5.92 Å². The molecule has 2 nitrogen and oxygen atoms in total. The molecule has 0 heterocycles. The van der Waals surface area contributed by atoms with Gasteiger partial charge in [0, 0.05) is 13.2 Å². The molecule has 0 fully saturated rings. The predicted molar refractivity (Wildman–Crippen MR) is 44.6 cm³/mol. The van der Waals surface area contributed by atoms with Gasteiger partial charge in [-0.2, -0.15) is 13.2 Å². The molecule has 1 N–H and O–H groups in total. The van der Waals surface area contributed by atoms with E-state index in [0.29, 0.717) is 6.61 Å². The van der Waals surface area contributed by atoms with Crippen molar-refractivity contribution < 1.29 is 17.9 Å². The Balaban J connectivity index is 3.82. The van der Waals surface area contributed by atoms with Gasteiger partial charge in [0.2, 0.25) is 0 Å². The van der Waals surface area contributed by atoms with E-state index in [1.807, 2.05) is 13.8 Å². The number of rotatable bonds is 5. The van der Waals surface area contributed by atoms with Crippen LogP contribution in [-0.2, 0) is 4.74 Å². The van der Waals surface area contributed by atoms with E-state index >= 15 is 0 Å². The summed E-state index contributed by atoms with van der Waals surface area (Å²) in [6.07, 6.45) is -4.15. The molecule has 0 amide bonds. The van der Waals surface area contributed by atoms with E-state index in [2.05, 4.69) is 5.32 Å². The van der Waals surface area contributed by atoms with Crippen molar-refractivity contribution in [2.24, 2.45) is 5.92 Å². The largest absolute Gasteiger partial charge is 0.401 e. The molecule has 0 radical (unpaired) electrons. The van der Waals surface area contributed by atoms with E-state index in [9.17, 15) is 13.2 Å². The van der Waals surface area contributed by atoms with Crippen LogP contribution in [0.4, 0.5) is 13.2 Å². The fourth-order valence-corrected chi connectivity index (χ4v) is 0.913. The molecule has 0 saturated heterocycles. The first kappa shape index (κ1) is 12.7. The number of hydrogen-bond acceptors (Lipinski definition) is 2. The Morgan fingerprint density at radius 2 is 1.85 bits per heavy atom. The third-order valence-corrected chi connectivity index (χ3v) is 1.72. The van der Waals surface area contributed by atoms with Gasteiger partial charge < -0.3 is 10.1 Å². The molecule has 0 aliphatic rings. The Labute approximate surface area is 76.5 Å². The van der Waals surface area contributed by atoms with Gasteiger partial charge in [0.25, 0.3) is 0 Å². The van der Waals surface area contributed by atoms with E-state index in [-0.39, 0.29) is 12.0 Å². The fraction of sp³-hybridized carbons (Fsp3) is 1.00. The number of hydrogen-bond donors (Lipinski definition) is 1. The van der Waals surface area contributed by atoms with Gasteiger partial charge in [0.05, 0.1) is 13.2 Å². The molecule has 1 unspecified atom stereocenters. The van der Waals surface area contributed by atoms with Crippen LogP contribution in [0.2, 0.25) is 0 Å². The number of halogens is 3. The summed E-state index contributed by atoms with van der Waals surface area (Å²) in [7, 11) is 1.48. The van der Waals surface area contributed by atoms with Crippen molar-refractivity contribution in [3.05, 3.63) is 0 Å². The second kappa shape index (κ2) is 5.44. The molecule has 13 heavy (non-hydrogen) atoms. The minimum Gasteiger partial charge on any atom is -0.383 e. The molecule has 0 aromatic carbocycles. The van der Waals surface area contributed by atoms with Crippen LogP contribution in [0.3, 0.4) is 0 Å². The maximum atomic E-state index is 11.8. The standard InChI is InChI=1S/C8H16F3NO/c1-6(2)7(4-13-3)12-5-8(9,10)11/h6-7,12H,4-5H2,1-3H3. The number of alkyl halides is 3. The molecular formula is C8H16F3NO. The molecule has 0 aliphatic heterocycles. The number of ether oxygens (including phenoxy) is 1. The zero-order valence-electron chi connectivity index (χ0n) is 8.11. The topological polar surface area (TPSA) is 21.3 Å². The summed E-state index contributed by atoms with van der Waals surface area (Å²) in [6, 6.07) is -0.244. The highest BCUT2D eigenvalue weighted by Crippen LogP contribution is 2.13. The quantitative estimate of drug-likeness (QED) is 0.729. The van der Waals surface area contributed by atoms with Gasteiger partial charge in [-0.1, -0.05) is 13.8 Å². The fourth-order valence-electron chi connectivity index (χ4n) is 0.913. The van der Waals surface area contributed by atoms with E-state index in [4.69, 9.17) is 4.74 Å². The predicted octanol–water partition coefficient (Wildman–Crippen LogP) is 1.81. The summed E-state index contributed by atoms with van der Waals surface area (Å²) >= 11 is 0. The van der Waals surface area contributed by atoms with Crippen molar-refractivity contribution in [1.29, 1.82) is 0 Å². The lowest BCUT2D eigenvalue weighted by molar-refractivity contribution is -0.127. The van der Waals surface area contributed by atoms with E-state index in [1.54, 1.807) is 0 Å². The molecule has 0 spiro atoms. The molecular weight excluding hydrogens is 183 g/mol. The Kier molecular flexibility index (Phi) is 5.32. The Bertz CT molecular complexity index is 136. The van der Waals surface area contributed by atoms with Gasteiger partial charge in [-0.25, -0.2) is 0 Å². The zero-order valence-corrected chi connectivity index (χ0v) is 8.11. The SMILES string of the molecule is COCC(NCC(F)(F)F)C(C)C. The van der Waals surface area contributed by atoms with Crippen molar-refractivity contribution in [2.45, 2.75) is 26.1 Å². The first-order chi connectivity index (χ1) is 5.87. The van der Waals surface area contributed by atoms with Crippen molar-refractivity contribution in [2.75, 3.05) is 20.3 Å². The van der Waals surface area contributed by atoms with Gasteiger partial charge >= 0.3 is 6.18 Å². The van der Waals surface area contributed by atoms with Crippen LogP contribution in [-0.4, -0.2) is 32.5 Å². The van der Waals surface area contributed by atoms with Gasteiger partial charge in [-0.3, -0.25) is 0 Å². The zero-order chi connectivity index (χ0) is 10.5. The Morgan fingerprint density at radius 3 is 2.15 bits per heavy atom. The minimum absolute atomic E-state index is 0.127. The monoisotopic (exact) mass is 199 g/mol. The minimum atomic E-state index is -4.15. The summed E-state index contributed by atoms with van der Waals surface area (Å²) in [5.41, 5.74) is 0. The molecule has 5 heteroatoms. The van der Waals surface area contributed by atoms with Crippen LogP contribution < -0.4 is 5.32 Å². The first-order valence-corrected chi connectivity index (χ1v) is 4.16. The average Bonchev–Trinajstić information content (AvgIpc) is 1.95. The summed E-state index contributed by atoms with van der Waals surface area (Å²) < 4.78 is 40.2. The van der Waals surface area contributed by atoms with Crippen LogP contribution in [0.1, 0.15) is 13.8 Å². The van der Waals surface area contributed by atoms with E-state index < -0.39 is 12.7 Å². The van der Waals surface area contributed by atoms with Gasteiger partial charge in [-0.15, -0.1) is 0 Å². The summed E-state index contributed by atoms with van der Waals surface area (Å²) in [6.45, 7) is 3.05. The third-order valence-electron chi connectivity index (χ3n) is 1.72. The number of methoxy groups -OCH3 is 1. The van der Waals surface area contributed by atoms with Crippen LogP contribution in [0.25, 0.3) is 0 Å². The van der Waals surface area contributed by atoms with Crippen molar-refractivity contribution >= 4 is 0 Å². The van der Waals surface area contributed by atoms with Gasteiger partial charge in [0.1, 0.15) is 0 Å². The molecule has 80 valence electrons. The van der Waals surface area contributed by atoms with Crippen LogP contribution >= 0.6 is 0 Å². The molecule has 0 aromatic heterocycles. The molecule has 0 rings (SSSR count). The lowest BCUT2D eigenvalue weighted by Gasteiger charge is -2.22. The normalized spacial score (nSPS) is 15.0. The van der Waals surface area contributed by atoms with E-state index in [0.717, 1.165) is 0 Å². The molecule has 0 aliphatic carbocycles. The van der Waals surface area contributed by atoms with Crippen LogP contribution in [0.5, 0.6) is 0 Å². The Hall–Kier alpha value is -0.290. The number of nitrogens with one attached hydrogen (secondary N) is 1. The smallest absolute Gasteiger partial charge is 0.383 e. The molecule has 1 atom stereocenters. The second-order valence-electron chi connectivity index (χ2n) is 3.30. The third kappa shape index (κ3) is 6.83. The molecule has 0 aromatic rings. The van der Waals surface area contributed by atoms with Crippen LogP contribution in [0.15, 0.2) is 0 Å².